The summed E-state index contributed by atoms with van der Waals surface area (Å²) in [6, 6.07) is 3.84. The molecular formula is C14H19N3O2. The molecule has 0 aromatic carbocycles. The van der Waals surface area contributed by atoms with Crippen molar-refractivity contribution in [2.75, 3.05) is 20.3 Å². The number of amides is 1. The van der Waals surface area contributed by atoms with E-state index in [9.17, 15) is 4.79 Å². The quantitative estimate of drug-likeness (QED) is 0.464. The van der Waals surface area contributed by atoms with Crippen LogP contribution in [0.3, 0.4) is 0 Å². The van der Waals surface area contributed by atoms with Gasteiger partial charge in [0, 0.05) is 31.6 Å². The summed E-state index contributed by atoms with van der Waals surface area (Å²) >= 11 is 0. The lowest BCUT2D eigenvalue weighted by Gasteiger charge is -2.03. The molecule has 102 valence electrons. The molecule has 0 unspecified atom stereocenters. The molecule has 1 amide bonds. The van der Waals surface area contributed by atoms with E-state index in [1.54, 1.807) is 13.2 Å². The molecule has 0 aliphatic rings. The lowest BCUT2D eigenvalue weighted by molar-refractivity contribution is -0.117. The van der Waals surface area contributed by atoms with E-state index in [2.05, 4.69) is 10.3 Å². The van der Waals surface area contributed by atoms with Crippen LogP contribution < -0.4 is 5.32 Å². The van der Waals surface area contributed by atoms with Crippen LogP contribution in [0, 0.1) is 25.2 Å². The van der Waals surface area contributed by atoms with Gasteiger partial charge in [0.05, 0.1) is 0 Å². The number of carbonyl (C=O) groups is 1. The smallest absolute Gasteiger partial charge is 0.261 e. The summed E-state index contributed by atoms with van der Waals surface area (Å²) < 4.78 is 4.89. The molecule has 0 bridgehead atoms. The van der Waals surface area contributed by atoms with Crippen LogP contribution in [0.15, 0.2) is 11.6 Å². The highest BCUT2D eigenvalue weighted by Crippen LogP contribution is 2.13. The average molecular weight is 261 g/mol. The molecule has 0 saturated heterocycles. The van der Waals surface area contributed by atoms with E-state index in [1.807, 2.05) is 26.0 Å². The maximum absolute atomic E-state index is 11.8. The lowest BCUT2D eigenvalue weighted by atomic mass is 10.1. The van der Waals surface area contributed by atoms with E-state index in [0.29, 0.717) is 13.2 Å². The van der Waals surface area contributed by atoms with Gasteiger partial charge in [-0.15, -0.1) is 0 Å². The van der Waals surface area contributed by atoms with Gasteiger partial charge >= 0.3 is 0 Å². The minimum atomic E-state index is -0.350. The minimum absolute atomic E-state index is 0.111. The third-order valence-electron chi connectivity index (χ3n) is 2.67. The summed E-state index contributed by atoms with van der Waals surface area (Å²) in [5, 5.41) is 11.7. The molecule has 1 aromatic heterocycles. The van der Waals surface area contributed by atoms with E-state index in [-0.39, 0.29) is 11.5 Å². The molecule has 0 aliphatic carbocycles. The molecule has 2 N–H and O–H groups in total. The van der Waals surface area contributed by atoms with Crippen LogP contribution in [0.4, 0.5) is 0 Å². The number of ether oxygens (including phenoxy) is 1. The second-order valence-electron chi connectivity index (χ2n) is 4.30. The zero-order chi connectivity index (χ0) is 14.3. The first kappa shape index (κ1) is 15.0. The molecule has 0 atom stereocenters. The van der Waals surface area contributed by atoms with Crippen molar-refractivity contribution >= 4 is 12.0 Å². The van der Waals surface area contributed by atoms with Crippen LogP contribution in [-0.4, -0.2) is 31.2 Å². The van der Waals surface area contributed by atoms with E-state index in [0.717, 1.165) is 23.4 Å². The van der Waals surface area contributed by atoms with Crippen molar-refractivity contribution in [3.63, 3.8) is 0 Å². The first-order valence-corrected chi connectivity index (χ1v) is 6.13. The van der Waals surface area contributed by atoms with E-state index >= 15 is 0 Å². The Morgan fingerprint density at radius 1 is 1.58 bits per heavy atom. The molecule has 19 heavy (non-hydrogen) atoms. The number of methoxy groups -OCH3 is 1. The predicted molar refractivity (Wildman–Crippen MR) is 73.4 cm³/mol. The Balaban J connectivity index is 2.70. The van der Waals surface area contributed by atoms with Gasteiger partial charge in [0.1, 0.15) is 11.6 Å². The zero-order valence-electron chi connectivity index (χ0n) is 11.5. The van der Waals surface area contributed by atoms with Gasteiger partial charge < -0.3 is 15.0 Å². The van der Waals surface area contributed by atoms with Crippen molar-refractivity contribution in [2.45, 2.75) is 20.3 Å². The molecule has 1 aromatic rings. The van der Waals surface area contributed by atoms with Gasteiger partial charge in [0.2, 0.25) is 0 Å². The van der Waals surface area contributed by atoms with Crippen molar-refractivity contribution in [3.05, 3.63) is 28.6 Å². The largest absolute Gasteiger partial charge is 0.385 e. The van der Waals surface area contributed by atoms with Gasteiger partial charge in [-0.05, 0) is 38.0 Å². The first-order valence-electron chi connectivity index (χ1n) is 6.13. The molecule has 0 spiro atoms. The van der Waals surface area contributed by atoms with Crippen LogP contribution in [0.1, 0.15) is 23.4 Å². The third-order valence-corrected chi connectivity index (χ3v) is 2.67. The second kappa shape index (κ2) is 7.39. The highest BCUT2D eigenvalue weighted by Gasteiger charge is 2.09. The van der Waals surface area contributed by atoms with Crippen LogP contribution in [0.25, 0.3) is 6.08 Å². The number of aromatic amines is 1. The number of hydrogen-bond acceptors (Lipinski definition) is 3. The monoisotopic (exact) mass is 261 g/mol. The Bertz CT molecular complexity index is 509. The maximum atomic E-state index is 11.8. The highest BCUT2D eigenvalue weighted by molar-refractivity contribution is 6.01. The molecular weight excluding hydrogens is 242 g/mol. The van der Waals surface area contributed by atoms with Crippen molar-refractivity contribution in [3.8, 4) is 6.07 Å². The molecule has 0 saturated carbocycles. The second-order valence-corrected chi connectivity index (χ2v) is 4.30. The van der Waals surface area contributed by atoms with Gasteiger partial charge in [-0.2, -0.15) is 5.26 Å². The Hall–Kier alpha value is -2.06. The summed E-state index contributed by atoms with van der Waals surface area (Å²) in [6.45, 7) is 4.92. The van der Waals surface area contributed by atoms with Crippen LogP contribution >= 0.6 is 0 Å². The fraction of sp³-hybridized carbons (Fsp3) is 0.429. The van der Waals surface area contributed by atoms with Gasteiger partial charge in [-0.1, -0.05) is 0 Å². The topological polar surface area (TPSA) is 77.9 Å². The van der Waals surface area contributed by atoms with Crippen molar-refractivity contribution < 1.29 is 9.53 Å². The van der Waals surface area contributed by atoms with E-state index < -0.39 is 0 Å². The number of aryl methyl sites for hydroxylation is 2. The summed E-state index contributed by atoms with van der Waals surface area (Å²) in [5.74, 6) is -0.350. The predicted octanol–water partition coefficient (Wildman–Crippen LogP) is 1.69. The molecule has 5 heteroatoms. The third kappa shape index (κ3) is 4.60. The van der Waals surface area contributed by atoms with Gasteiger partial charge in [-0.3, -0.25) is 4.79 Å². The van der Waals surface area contributed by atoms with Crippen molar-refractivity contribution in [1.82, 2.24) is 10.3 Å². The SMILES string of the molecule is COCCCNC(=O)C(C#N)=Cc1cc(C)[nH]c1C. The number of carbonyl (C=O) groups excluding carboxylic acids is 1. The van der Waals surface area contributed by atoms with Gasteiger partial charge in [0.15, 0.2) is 0 Å². The molecule has 0 radical (unpaired) electrons. The Kier molecular flexibility index (Phi) is 5.83. The highest BCUT2D eigenvalue weighted by atomic mass is 16.5. The minimum Gasteiger partial charge on any atom is -0.385 e. The number of rotatable bonds is 6. The van der Waals surface area contributed by atoms with Gasteiger partial charge in [-0.25, -0.2) is 0 Å². The maximum Gasteiger partial charge on any atom is 0.261 e. The summed E-state index contributed by atoms with van der Waals surface area (Å²) in [7, 11) is 1.61. The fourth-order valence-corrected chi connectivity index (χ4v) is 1.71. The number of H-pyrrole nitrogens is 1. The summed E-state index contributed by atoms with van der Waals surface area (Å²) in [4.78, 5) is 14.9. The van der Waals surface area contributed by atoms with Crippen LogP contribution in [0.5, 0.6) is 0 Å². The normalized spacial score (nSPS) is 11.2. The lowest BCUT2D eigenvalue weighted by Crippen LogP contribution is -2.26. The molecule has 0 fully saturated rings. The number of hydrogen-bond donors (Lipinski definition) is 2. The summed E-state index contributed by atoms with van der Waals surface area (Å²) in [6.07, 6.45) is 2.33. The number of nitriles is 1. The van der Waals surface area contributed by atoms with E-state index in [4.69, 9.17) is 10.00 Å². The average Bonchev–Trinajstić information content (AvgIpc) is 2.69. The Morgan fingerprint density at radius 2 is 2.32 bits per heavy atom. The molecule has 1 heterocycles. The Morgan fingerprint density at radius 3 is 2.84 bits per heavy atom. The standard InChI is InChI=1S/C14H19N3O2/c1-10-7-12(11(2)17-10)8-13(9-15)14(18)16-5-4-6-19-3/h7-8,17H,4-6H2,1-3H3,(H,16,18). The number of nitrogens with one attached hydrogen (secondary N) is 2. The first-order chi connectivity index (χ1) is 9.08. The zero-order valence-corrected chi connectivity index (χ0v) is 11.5. The van der Waals surface area contributed by atoms with Crippen molar-refractivity contribution in [1.29, 1.82) is 5.26 Å². The Labute approximate surface area is 113 Å². The molecule has 1 rings (SSSR count). The number of aromatic nitrogens is 1. The molecule has 5 nitrogen and oxygen atoms in total. The van der Waals surface area contributed by atoms with Crippen LogP contribution in [-0.2, 0) is 9.53 Å². The number of nitrogens with zero attached hydrogens (tertiary/aromatic N) is 1. The van der Waals surface area contributed by atoms with Crippen LogP contribution in [0.2, 0.25) is 0 Å². The fourth-order valence-electron chi connectivity index (χ4n) is 1.71. The van der Waals surface area contributed by atoms with E-state index in [1.165, 1.54) is 0 Å². The molecule has 0 aliphatic heterocycles. The summed E-state index contributed by atoms with van der Waals surface area (Å²) in [5.41, 5.74) is 2.92. The van der Waals surface area contributed by atoms with Gasteiger partial charge in [0.25, 0.3) is 5.91 Å². The van der Waals surface area contributed by atoms with Crippen molar-refractivity contribution in [2.24, 2.45) is 0 Å².